The molecule has 5 heteroatoms. The number of rotatable bonds is 4. The fourth-order valence-corrected chi connectivity index (χ4v) is 3.46. The second-order valence-corrected chi connectivity index (χ2v) is 7.42. The van der Waals surface area contributed by atoms with Crippen molar-refractivity contribution >= 4 is 34.5 Å². The third kappa shape index (κ3) is 3.67. The topological polar surface area (TPSA) is 50.6 Å². The average molecular weight is 403 g/mol. The molecule has 29 heavy (non-hydrogen) atoms. The van der Waals surface area contributed by atoms with Gasteiger partial charge < -0.3 is 9.72 Å². The molecule has 0 aliphatic heterocycles. The zero-order valence-electron chi connectivity index (χ0n) is 16.1. The molecule has 0 bridgehead atoms. The van der Waals surface area contributed by atoms with Crippen molar-refractivity contribution in [1.29, 1.82) is 0 Å². The van der Waals surface area contributed by atoms with Gasteiger partial charge >= 0.3 is 0 Å². The number of Topliss-reactive ketones (excluding diaryl/α,β-unsaturated/α-hetero) is 1. The molecule has 0 atom stereocenters. The zero-order valence-corrected chi connectivity index (χ0v) is 16.8. The second-order valence-electron chi connectivity index (χ2n) is 7.02. The minimum absolute atomic E-state index is 0.333. The number of anilines is 1. The number of pyridine rings is 1. The minimum atomic E-state index is -0.706. The number of hydrogen-bond donors (Lipinski definition) is 1. The van der Waals surface area contributed by atoms with Gasteiger partial charge in [0.2, 0.25) is 0 Å². The number of nitrogens with zero attached hydrogens (tertiary/aromatic N) is 1. The summed E-state index contributed by atoms with van der Waals surface area (Å²) in [6.45, 7) is 3.88. The number of amides is 1. The van der Waals surface area contributed by atoms with E-state index >= 15 is 0 Å². The molecule has 2 aromatic carbocycles. The van der Waals surface area contributed by atoms with Crippen LogP contribution in [0.4, 0.5) is 5.69 Å². The van der Waals surface area contributed by atoms with Crippen LogP contribution in [-0.2, 0) is 4.79 Å². The first-order chi connectivity index (χ1) is 13.9. The lowest BCUT2D eigenvalue weighted by Gasteiger charge is -2.09. The molecule has 0 saturated carbocycles. The van der Waals surface area contributed by atoms with E-state index in [4.69, 9.17) is 11.6 Å². The first-order valence-corrected chi connectivity index (χ1v) is 9.61. The third-order valence-corrected chi connectivity index (χ3v) is 5.30. The monoisotopic (exact) mass is 402 g/mol. The molecule has 4 nitrogen and oxygen atoms in total. The molecule has 2 heterocycles. The molecule has 0 fully saturated rings. The predicted octanol–water partition coefficient (Wildman–Crippen LogP) is 5.70. The van der Waals surface area contributed by atoms with Gasteiger partial charge in [-0.15, -0.1) is 0 Å². The fraction of sp³-hybridized carbons (Fsp3) is 0.0833. The summed E-state index contributed by atoms with van der Waals surface area (Å²) < 4.78 is 1.75. The van der Waals surface area contributed by atoms with E-state index in [1.165, 1.54) is 0 Å². The standard InChI is InChI=1S/C24H19ClN2O2/c1-15-6-9-17(10-7-15)20-14-19-5-3-4-12-27(19)22(20)23(28)24(29)26-18-11-8-16(2)21(25)13-18/h3-14H,1-2H3,(H,26,29). The van der Waals surface area contributed by atoms with E-state index in [1.54, 1.807) is 28.8 Å². The van der Waals surface area contributed by atoms with Gasteiger partial charge in [0.25, 0.3) is 11.7 Å². The van der Waals surface area contributed by atoms with Crippen molar-refractivity contribution < 1.29 is 9.59 Å². The number of nitrogens with one attached hydrogen (secondary N) is 1. The Bertz CT molecular complexity index is 1240. The first-order valence-electron chi connectivity index (χ1n) is 9.23. The number of fused-ring (bicyclic) bond motifs is 1. The molecule has 1 amide bonds. The zero-order chi connectivity index (χ0) is 20.5. The van der Waals surface area contributed by atoms with Crippen LogP contribution in [0.1, 0.15) is 21.6 Å². The van der Waals surface area contributed by atoms with Crippen molar-refractivity contribution in [3.8, 4) is 11.1 Å². The van der Waals surface area contributed by atoms with E-state index in [9.17, 15) is 9.59 Å². The number of ketones is 1. The van der Waals surface area contributed by atoms with Gasteiger partial charge in [-0.05, 0) is 55.3 Å². The Morgan fingerprint density at radius 3 is 2.41 bits per heavy atom. The van der Waals surface area contributed by atoms with Crippen LogP contribution in [0.15, 0.2) is 72.9 Å². The first kappa shape index (κ1) is 19.0. The van der Waals surface area contributed by atoms with Crippen LogP contribution in [-0.4, -0.2) is 16.1 Å². The summed E-state index contributed by atoms with van der Waals surface area (Å²) in [5, 5.41) is 3.20. The lowest BCUT2D eigenvalue weighted by molar-refractivity contribution is -0.112. The third-order valence-electron chi connectivity index (χ3n) is 4.89. The summed E-state index contributed by atoms with van der Waals surface area (Å²) in [6.07, 6.45) is 1.79. The smallest absolute Gasteiger partial charge is 0.298 e. The van der Waals surface area contributed by atoms with Gasteiger partial charge in [0.15, 0.2) is 0 Å². The molecule has 0 unspecified atom stereocenters. The van der Waals surface area contributed by atoms with E-state index in [0.29, 0.717) is 16.4 Å². The summed E-state index contributed by atoms with van der Waals surface area (Å²) >= 11 is 6.13. The van der Waals surface area contributed by atoms with Gasteiger partial charge in [-0.25, -0.2) is 0 Å². The maximum atomic E-state index is 13.2. The Hall–Kier alpha value is -3.37. The van der Waals surface area contributed by atoms with E-state index in [0.717, 1.165) is 27.8 Å². The van der Waals surface area contributed by atoms with E-state index in [1.807, 2.05) is 62.4 Å². The highest BCUT2D eigenvalue weighted by molar-refractivity contribution is 6.47. The van der Waals surface area contributed by atoms with Crippen molar-refractivity contribution in [2.75, 3.05) is 5.32 Å². The van der Waals surface area contributed by atoms with Crippen molar-refractivity contribution in [2.45, 2.75) is 13.8 Å². The minimum Gasteiger partial charge on any atom is -0.319 e. The lowest BCUT2D eigenvalue weighted by atomic mass is 10.0. The average Bonchev–Trinajstić information content (AvgIpc) is 3.10. The molecule has 0 radical (unpaired) electrons. The van der Waals surface area contributed by atoms with Gasteiger partial charge in [-0.3, -0.25) is 9.59 Å². The Kier molecular flexibility index (Phi) is 4.95. The van der Waals surface area contributed by atoms with Crippen LogP contribution in [0.2, 0.25) is 5.02 Å². The normalized spacial score (nSPS) is 10.9. The van der Waals surface area contributed by atoms with E-state index < -0.39 is 11.7 Å². The molecular weight excluding hydrogens is 384 g/mol. The van der Waals surface area contributed by atoms with Crippen molar-refractivity contribution in [3.63, 3.8) is 0 Å². The Morgan fingerprint density at radius 1 is 0.931 bits per heavy atom. The van der Waals surface area contributed by atoms with Crippen molar-refractivity contribution in [3.05, 3.63) is 94.8 Å². The van der Waals surface area contributed by atoms with Crippen molar-refractivity contribution in [1.82, 2.24) is 4.40 Å². The van der Waals surface area contributed by atoms with Crippen LogP contribution in [0.3, 0.4) is 0 Å². The van der Waals surface area contributed by atoms with Gasteiger partial charge in [-0.1, -0.05) is 53.6 Å². The van der Waals surface area contributed by atoms with E-state index in [2.05, 4.69) is 5.32 Å². The molecular formula is C24H19ClN2O2. The number of benzene rings is 2. The molecule has 4 aromatic rings. The SMILES string of the molecule is Cc1ccc(-c2cc3ccccn3c2C(=O)C(=O)Nc2ccc(C)c(Cl)c2)cc1. The molecule has 0 spiro atoms. The number of aryl methyl sites for hydroxylation is 2. The lowest BCUT2D eigenvalue weighted by Crippen LogP contribution is -2.24. The van der Waals surface area contributed by atoms with Crippen LogP contribution in [0.5, 0.6) is 0 Å². The molecule has 144 valence electrons. The van der Waals surface area contributed by atoms with Crippen LogP contribution >= 0.6 is 11.6 Å². The molecule has 1 N–H and O–H groups in total. The summed E-state index contributed by atoms with van der Waals surface area (Å²) in [5.74, 6) is -1.31. The fourth-order valence-electron chi connectivity index (χ4n) is 3.27. The Labute approximate surface area is 173 Å². The maximum absolute atomic E-state index is 13.2. The highest BCUT2D eigenvalue weighted by Crippen LogP contribution is 2.29. The highest BCUT2D eigenvalue weighted by Gasteiger charge is 2.25. The van der Waals surface area contributed by atoms with Crippen molar-refractivity contribution in [2.24, 2.45) is 0 Å². The number of carbonyl (C=O) groups excluding carboxylic acids is 2. The summed E-state index contributed by atoms with van der Waals surface area (Å²) in [7, 11) is 0. The van der Waals surface area contributed by atoms with Gasteiger partial charge in [0.1, 0.15) is 5.69 Å². The molecule has 4 rings (SSSR count). The quantitative estimate of drug-likeness (QED) is 0.351. The number of aromatic nitrogens is 1. The van der Waals surface area contributed by atoms with Gasteiger partial charge in [0.05, 0.1) is 0 Å². The summed E-state index contributed by atoms with van der Waals surface area (Å²) in [5.41, 5.74) is 5.29. The Morgan fingerprint density at radius 2 is 1.69 bits per heavy atom. The van der Waals surface area contributed by atoms with Crippen LogP contribution < -0.4 is 5.32 Å². The number of halogens is 1. The number of carbonyl (C=O) groups is 2. The molecule has 0 aliphatic rings. The molecule has 0 aliphatic carbocycles. The maximum Gasteiger partial charge on any atom is 0.298 e. The summed E-state index contributed by atoms with van der Waals surface area (Å²) in [4.78, 5) is 25.9. The number of hydrogen-bond acceptors (Lipinski definition) is 2. The second kappa shape index (κ2) is 7.57. The van der Waals surface area contributed by atoms with Gasteiger partial charge in [-0.2, -0.15) is 0 Å². The predicted molar refractivity (Wildman–Crippen MR) is 117 cm³/mol. The largest absolute Gasteiger partial charge is 0.319 e. The Balaban J connectivity index is 1.76. The van der Waals surface area contributed by atoms with Gasteiger partial charge in [0, 0.05) is 28.0 Å². The molecule has 0 saturated heterocycles. The highest BCUT2D eigenvalue weighted by atomic mass is 35.5. The summed E-state index contributed by atoms with van der Waals surface area (Å²) in [6, 6.07) is 20.6. The molecule has 2 aromatic heterocycles. The van der Waals surface area contributed by atoms with Crippen LogP contribution in [0.25, 0.3) is 16.6 Å². The van der Waals surface area contributed by atoms with E-state index in [-0.39, 0.29) is 0 Å². The van der Waals surface area contributed by atoms with Crippen LogP contribution in [0, 0.1) is 13.8 Å².